The minimum atomic E-state index is 0.221. The van der Waals surface area contributed by atoms with E-state index >= 15 is 0 Å². The minimum Gasteiger partial charge on any atom is -0.456 e. The Kier molecular flexibility index (Phi) is 18.9. The lowest BCUT2D eigenvalue weighted by Crippen LogP contribution is -2.55. The van der Waals surface area contributed by atoms with Gasteiger partial charge in [-0.15, -0.1) is 11.3 Å². The van der Waals surface area contributed by atoms with Crippen molar-refractivity contribution >= 4 is 115 Å². The van der Waals surface area contributed by atoms with Crippen LogP contribution in [0.15, 0.2) is 423 Å². The van der Waals surface area contributed by atoms with Crippen LogP contribution < -0.4 is 14.7 Å². The number of thiophene rings is 1. The first-order valence-electron chi connectivity index (χ1n) is 52.7. The summed E-state index contributed by atoms with van der Waals surface area (Å²) in [7, 11) is 0. The van der Waals surface area contributed by atoms with Crippen LogP contribution in [0.2, 0.25) is 0 Å². The molecule has 15 aliphatic rings. The zero-order chi connectivity index (χ0) is 92.3. The van der Waals surface area contributed by atoms with Crippen molar-refractivity contribution in [2.45, 2.75) is 113 Å². The van der Waals surface area contributed by atoms with Crippen LogP contribution in [0.1, 0.15) is 130 Å². The number of nitrogens with zero attached hydrogens (tertiary/aromatic N) is 3. The molecular formula is C136H111N3OS. The number of hydrogen-bond acceptors (Lipinski definition) is 5. The van der Waals surface area contributed by atoms with Crippen LogP contribution in [0.3, 0.4) is 0 Å². The van der Waals surface area contributed by atoms with Gasteiger partial charge in [0.25, 0.3) is 0 Å². The fraction of sp³-hybridized carbons (Fsp3) is 0.221. The predicted octanol–water partition coefficient (Wildman–Crippen LogP) is 37.1. The van der Waals surface area contributed by atoms with Crippen LogP contribution in [0.4, 0.5) is 51.2 Å². The van der Waals surface area contributed by atoms with E-state index in [4.69, 9.17) is 4.42 Å². The number of hydrogen-bond donors (Lipinski definition) is 0. The van der Waals surface area contributed by atoms with Crippen molar-refractivity contribution in [2.75, 3.05) is 14.7 Å². The standard InChI is InChI=1S/C46H37NO.C46H37NS.C44H37N/c2*1-2-8-35(9-3-1)47(37-19-20-40-39-11-5-7-13-44(39)48-45(40)28-37)36-17-14-31(15-18-36)32-16-21-43-41(27-32)38-10-4-6-12-42(38)46(43)33-23-29-22-30(25-33)26-34(46)24-29;1-2-11-36(12-3-1)45(43-16-8-10-32-9-4-5-13-38(32)43)37-20-17-31(18-21-37)33-19-22-42-40(28-33)39-14-6-7-15-41(39)44(42)34-24-29-23-30(26-34)27-35(44)25-29/h2*1-21,27-30,33-34H,22-26H2;1-22,28-30,34-35H,23-27H2. The van der Waals surface area contributed by atoms with Crippen molar-refractivity contribution in [2.24, 2.45) is 71.0 Å². The summed E-state index contributed by atoms with van der Waals surface area (Å²) >= 11 is 1.88. The topological polar surface area (TPSA) is 22.9 Å². The molecule has 0 unspecified atom stereocenters. The lowest BCUT2D eigenvalue weighted by Gasteiger charge is -2.61. The van der Waals surface area contributed by atoms with Gasteiger partial charge < -0.3 is 19.1 Å². The Labute approximate surface area is 830 Å². The van der Waals surface area contributed by atoms with Crippen LogP contribution in [0.5, 0.6) is 0 Å². The van der Waals surface area contributed by atoms with E-state index in [1.165, 1.54) is 222 Å². The van der Waals surface area contributed by atoms with Gasteiger partial charge in [0.05, 0.1) is 5.69 Å². The van der Waals surface area contributed by atoms with E-state index in [-0.39, 0.29) is 16.2 Å². The molecule has 12 fully saturated rings. The molecule has 0 saturated heterocycles. The highest BCUT2D eigenvalue weighted by Crippen LogP contribution is 2.74. The number of benzene rings is 18. The second kappa shape index (κ2) is 32.3. The van der Waals surface area contributed by atoms with Crippen LogP contribution >= 0.6 is 11.3 Å². The largest absolute Gasteiger partial charge is 0.456 e. The van der Waals surface area contributed by atoms with Gasteiger partial charge >= 0.3 is 0 Å². The Hall–Kier alpha value is -14.4. The summed E-state index contributed by atoms with van der Waals surface area (Å²) in [4.78, 5) is 7.11. The van der Waals surface area contributed by atoms with Crippen molar-refractivity contribution in [3.63, 3.8) is 0 Å². The van der Waals surface area contributed by atoms with E-state index in [2.05, 4.69) is 421 Å². The second-order valence-corrected chi connectivity index (χ2v) is 45.2. The van der Waals surface area contributed by atoms with Crippen LogP contribution in [-0.4, -0.2) is 0 Å². The molecule has 0 atom stereocenters. The highest BCUT2D eigenvalue weighted by Gasteiger charge is 2.65. The normalized spacial score (nSPS) is 25.0. The maximum absolute atomic E-state index is 6.30. The molecule has 15 aliphatic carbocycles. The quantitative estimate of drug-likeness (QED) is 0.122. The van der Waals surface area contributed by atoms with Crippen LogP contribution in [-0.2, 0) is 16.2 Å². The molecule has 35 rings (SSSR count). The van der Waals surface area contributed by atoms with Crippen molar-refractivity contribution in [1.82, 2.24) is 0 Å². The maximum Gasteiger partial charge on any atom is 0.137 e. The average Bonchev–Trinajstić information content (AvgIpc) is 1.54. The summed E-state index contributed by atoms with van der Waals surface area (Å²) in [6.45, 7) is 0. The van der Waals surface area contributed by atoms with Crippen LogP contribution in [0.25, 0.3) is 120 Å². The van der Waals surface area contributed by atoms with Gasteiger partial charge in [0.1, 0.15) is 11.2 Å². The summed E-state index contributed by atoms with van der Waals surface area (Å²) in [5, 5.41) is 7.47. The minimum absolute atomic E-state index is 0.221. The maximum atomic E-state index is 6.30. The Morgan fingerprint density at radius 2 is 0.496 bits per heavy atom. The molecule has 0 amide bonds. The Balaban J connectivity index is 0.0000000992. The van der Waals surface area contributed by atoms with E-state index in [1.54, 1.807) is 33.4 Å². The molecule has 682 valence electrons. The molecular weight excluding hydrogens is 1720 g/mol. The molecule has 18 aromatic carbocycles. The first-order chi connectivity index (χ1) is 69.7. The Morgan fingerprint density at radius 1 is 0.191 bits per heavy atom. The summed E-state index contributed by atoms with van der Waals surface area (Å²) in [6.07, 6.45) is 21.6. The van der Waals surface area contributed by atoms with Crippen molar-refractivity contribution in [1.29, 1.82) is 0 Å². The lowest BCUT2D eigenvalue weighted by atomic mass is 9.43. The molecule has 4 nitrogen and oxygen atoms in total. The zero-order valence-electron chi connectivity index (χ0n) is 79.5. The van der Waals surface area contributed by atoms with Gasteiger partial charge in [-0.2, -0.15) is 0 Å². The third-order valence-electron chi connectivity index (χ3n) is 37.3. The third-order valence-corrected chi connectivity index (χ3v) is 38.5. The summed E-state index contributed by atoms with van der Waals surface area (Å²) in [5.74, 6) is 10.6. The Bertz CT molecular complexity index is 7930. The zero-order valence-corrected chi connectivity index (χ0v) is 80.3. The number of rotatable bonds is 12. The molecule has 2 aromatic heterocycles. The first-order valence-corrected chi connectivity index (χ1v) is 53.5. The molecule has 3 spiro atoms. The van der Waals surface area contributed by atoms with Crippen molar-refractivity contribution in [3.05, 3.63) is 452 Å². The fourth-order valence-electron chi connectivity index (χ4n) is 32.6. The molecule has 141 heavy (non-hydrogen) atoms. The van der Waals surface area contributed by atoms with E-state index in [0.717, 1.165) is 116 Å². The predicted molar refractivity (Wildman–Crippen MR) is 587 cm³/mol. The van der Waals surface area contributed by atoms with E-state index in [9.17, 15) is 0 Å². The van der Waals surface area contributed by atoms with Gasteiger partial charge in [-0.25, -0.2) is 0 Å². The monoisotopic (exact) mass is 1830 g/mol. The molecule has 2 heterocycles. The number of furan rings is 1. The summed E-state index contributed by atoms with van der Waals surface area (Å²) < 4.78 is 8.96. The van der Waals surface area contributed by atoms with E-state index < -0.39 is 0 Å². The lowest BCUT2D eigenvalue weighted by molar-refractivity contribution is -0.0399. The van der Waals surface area contributed by atoms with Gasteiger partial charge in [0, 0.05) is 104 Å². The van der Waals surface area contributed by atoms with Gasteiger partial charge in [0.2, 0.25) is 0 Å². The molecule has 0 radical (unpaired) electrons. The van der Waals surface area contributed by atoms with Crippen molar-refractivity contribution < 1.29 is 4.42 Å². The van der Waals surface area contributed by atoms with E-state index in [1.807, 2.05) is 23.5 Å². The van der Waals surface area contributed by atoms with Gasteiger partial charge in [-0.05, 0) is 406 Å². The van der Waals surface area contributed by atoms with Gasteiger partial charge in [-0.1, -0.05) is 279 Å². The number of para-hydroxylation sites is 4. The average molecular weight is 1840 g/mol. The smallest absolute Gasteiger partial charge is 0.137 e. The summed E-state index contributed by atoms with van der Waals surface area (Å²) in [6, 6.07) is 156. The third kappa shape index (κ3) is 12.7. The second-order valence-electron chi connectivity index (χ2n) is 44.1. The Morgan fingerprint density at radius 3 is 0.936 bits per heavy atom. The highest BCUT2D eigenvalue weighted by molar-refractivity contribution is 7.25. The molecule has 20 aromatic rings. The highest BCUT2D eigenvalue weighted by atomic mass is 32.1. The molecule has 5 heteroatoms. The first kappa shape index (κ1) is 82.5. The molecule has 12 saturated carbocycles. The molecule has 0 aliphatic heterocycles. The van der Waals surface area contributed by atoms with E-state index in [0.29, 0.717) is 0 Å². The molecule has 0 N–H and O–H groups in total. The van der Waals surface area contributed by atoms with Gasteiger partial charge in [-0.3, -0.25) is 0 Å². The SMILES string of the molecule is c1ccc(N(c2ccc(-c3ccc4c(c3)-c3ccccc3C43C4CC5CC(C4)CC3C5)cc2)c2ccc3c(c2)oc2ccccc23)cc1.c1ccc(N(c2ccc(-c3ccc4c(c3)-c3ccccc3C43C4CC5CC(C4)CC3C5)cc2)c2ccc3c(c2)sc2ccccc23)cc1.c1ccc(N(c2ccc(-c3ccc4c(c3)-c3ccccc3C43C4CC5CC(C4)CC3C5)cc2)c2cccc3ccccc23)cc1. The van der Waals surface area contributed by atoms with Gasteiger partial charge in [0.15, 0.2) is 0 Å². The number of anilines is 9. The van der Waals surface area contributed by atoms with Crippen LogP contribution in [0, 0.1) is 71.0 Å². The number of fused-ring (bicyclic) bond motifs is 16. The summed E-state index contributed by atoms with van der Waals surface area (Å²) in [5.41, 5.74) is 39.3. The molecule has 12 bridgehead atoms. The fourth-order valence-corrected chi connectivity index (χ4v) is 33.7. The van der Waals surface area contributed by atoms with Crippen molar-refractivity contribution in [3.8, 4) is 66.8 Å².